The third-order valence-corrected chi connectivity index (χ3v) is 5.43. The number of amides is 1. The summed E-state index contributed by atoms with van der Waals surface area (Å²) in [4.78, 5) is 18.5. The minimum atomic E-state index is -0.119. The number of hydrogen-bond acceptors (Lipinski definition) is 6. The van der Waals surface area contributed by atoms with Crippen molar-refractivity contribution in [1.29, 1.82) is 0 Å². The van der Waals surface area contributed by atoms with Crippen LogP contribution in [0.1, 0.15) is 33.5 Å². The zero-order valence-electron chi connectivity index (χ0n) is 17.7. The fourth-order valence-corrected chi connectivity index (χ4v) is 3.65. The number of hydrogen-bond donors (Lipinski definition) is 3. The molecule has 2 aromatic rings. The quantitative estimate of drug-likeness (QED) is 0.513. The summed E-state index contributed by atoms with van der Waals surface area (Å²) in [5.41, 5.74) is 4.12. The number of piperazine rings is 1. The molecule has 0 radical (unpaired) electrons. The maximum absolute atomic E-state index is 12.1. The topological polar surface area (TPSA) is 86.7 Å². The van der Waals surface area contributed by atoms with Gasteiger partial charge in [-0.1, -0.05) is 6.07 Å². The molecule has 2 heterocycles. The number of aromatic nitrogens is 1. The van der Waals surface area contributed by atoms with E-state index in [1.807, 2.05) is 12.1 Å². The molecule has 0 bridgehead atoms. The van der Waals surface area contributed by atoms with E-state index >= 15 is 0 Å². The van der Waals surface area contributed by atoms with Crippen LogP contribution in [0.2, 0.25) is 0 Å². The van der Waals surface area contributed by atoms with Gasteiger partial charge in [-0.25, -0.2) is 0 Å². The summed E-state index contributed by atoms with van der Waals surface area (Å²) < 4.78 is 6.11. The van der Waals surface area contributed by atoms with E-state index in [0.29, 0.717) is 25.1 Å². The lowest BCUT2D eigenvalue weighted by Crippen LogP contribution is -2.43. The van der Waals surface area contributed by atoms with Crippen molar-refractivity contribution in [2.24, 2.45) is 0 Å². The van der Waals surface area contributed by atoms with Crippen LogP contribution < -0.4 is 15.4 Å². The van der Waals surface area contributed by atoms with Crippen molar-refractivity contribution in [1.82, 2.24) is 20.5 Å². The summed E-state index contributed by atoms with van der Waals surface area (Å²) >= 11 is 0. The molecule has 1 aromatic carbocycles. The highest BCUT2D eigenvalue weighted by atomic mass is 16.5. The van der Waals surface area contributed by atoms with Crippen LogP contribution in [0.3, 0.4) is 0 Å². The summed E-state index contributed by atoms with van der Waals surface area (Å²) in [5, 5.41) is 15.7. The maximum Gasteiger partial charge on any atom is 0.252 e. The molecule has 3 rings (SSSR count). The van der Waals surface area contributed by atoms with Gasteiger partial charge in [-0.2, -0.15) is 0 Å². The van der Waals surface area contributed by atoms with Crippen molar-refractivity contribution < 1.29 is 14.6 Å². The first-order chi connectivity index (χ1) is 14.7. The molecule has 0 spiro atoms. The molecular weight excluding hydrogens is 380 g/mol. The number of ether oxygens (including phenoxy) is 1. The monoisotopic (exact) mass is 412 g/mol. The van der Waals surface area contributed by atoms with Gasteiger partial charge in [0.05, 0.1) is 12.2 Å². The van der Waals surface area contributed by atoms with Gasteiger partial charge >= 0.3 is 0 Å². The SMILES string of the molecule is Cc1c(CCO)ccc(OCCCNC(=O)c2cccnc2)c1CN1CCNCC1. The van der Waals surface area contributed by atoms with E-state index in [4.69, 9.17) is 4.74 Å². The van der Waals surface area contributed by atoms with E-state index in [1.165, 1.54) is 16.7 Å². The van der Waals surface area contributed by atoms with E-state index in [9.17, 15) is 9.90 Å². The highest BCUT2D eigenvalue weighted by Crippen LogP contribution is 2.27. The summed E-state index contributed by atoms with van der Waals surface area (Å²) in [7, 11) is 0. The molecular formula is C23H32N4O3. The predicted octanol–water partition coefficient (Wildman–Crippen LogP) is 1.53. The molecule has 7 heteroatoms. The Hall–Kier alpha value is -2.48. The Morgan fingerprint density at radius 2 is 2.13 bits per heavy atom. The van der Waals surface area contributed by atoms with Crippen LogP contribution in [-0.4, -0.2) is 66.8 Å². The zero-order chi connectivity index (χ0) is 21.2. The van der Waals surface area contributed by atoms with Crippen molar-refractivity contribution in [3.05, 3.63) is 58.9 Å². The lowest BCUT2D eigenvalue weighted by molar-refractivity contribution is 0.0951. The van der Waals surface area contributed by atoms with Crippen molar-refractivity contribution in [2.75, 3.05) is 45.9 Å². The number of nitrogens with zero attached hydrogens (tertiary/aromatic N) is 2. The van der Waals surface area contributed by atoms with Crippen LogP contribution in [0, 0.1) is 6.92 Å². The smallest absolute Gasteiger partial charge is 0.252 e. The molecule has 1 saturated heterocycles. The van der Waals surface area contributed by atoms with Gasteiger partial charge in [-0.3, -0.25) is 14.7 Å². The second-order valence-electron chi connectivity index (χ2n) is 7.53. The second-order valence-corrected chi connectivity index (χ2v) is 7.53. The van der Waals surface area contributed by atoms with Crippen molar-refractivity contribution in [3.63, 3.8) is 0 Å². The van der Waals surface area contributed by atoms with E-state index in [2.05, 4.69) is 27.4 Å². The first-order valence-corrected chi connectivity index (χ1v) is 10.7. The van der Waals surface area contributed by atoms with E-state index in [-0.39, 0.29) is 12.5 Å². The van der Waals surface area contributed by atoms with E-state index in [1.54, 1.807) is 24.5 Å². The Kier molecular flexibility index (Phi) is 8.62. The number of benzene rings is 1. The van der Waals surface area contributed by atoms with Gasteiger partial charge in [0.1, 0.15) is 5.75 Å². The second kappa shape index (κ2) is 11.6. The number of aliphatic hydroxyl groups is 1. The van der Waals surface area contributed by atoms with Crippen LogP contribution in [-0.2, 0) is 13.0 Å². The van der Waals surface area contributed by atoms with Crippen LogP contribution in [0.5, 0.6) is 5.75 Å². The zero-order valence-corrected chi connectivity index (χ0v) is 17.7. The van der Waals surface area contributed by atoms with Crippen LogP contribution in [0.15, 0.2) is 36.7 Å². The Labute approximate surface area is 178 Å². The molecule has 3 N–H and O–H groups in total. The third-order valence-electron chi connectivity index (χ3n) is 5.43. The van der Waals surface area contributed by atoms with Gasteiger partial charge < -0.3 is 20.5 Å². The number of nitrogens with one attached hydrogen (secondary N) is 2. The van der Waals surface area contributed by atoms with Crippen LogP contribution in [0.4, 0.5) is 0 Å². The van der Waals surface area contributed by atoms with E-state index in [0.717, 1.165) is 44.9 Å². The third kappa shape index (κ3) is 6.26. The summed E-state index contributed by atoms with van der Waals surface area (Å²) in [6, 6.07) is 7.56. The van der Waals surface area contributed by atoms with Gasteiger partial charge in [0, 0.05) is 63.8 Å². The van der Waals surface area contributed by atoms with Crippen LogP contribution in [0.25, 0.3) is 0 Å². The number of pyridine rings is 1. The molecule has 0 atom stereocenters. The van der Waals surface area contributed by atoms with Gasteiger partial charge in [0.2, 0.25) is 0 Å². The first-order valence-electron chi connectivity index (χ1n) is 10.7. The van der Waals surface area contributed by atoms with Gasteiger partial charge in [0.25, 0.3) is 5.91 Å². The number of aliphatic hydroxyl groups excluding tert-OH is 1. The van der Waals surface area contributed by atoms with Gasteiger partial charge in [-0.05, 0) is 49.1 Å². The molecule has 0 saturated carbocycles. The van der Waals surface area contributed by atoms with Crippen molar-refractivity contribution in [3.8, 4) is 5.75 Å². The average Bonchev–Trinajstić information content (AvgIpc) is 2.78. The Morgan fingerprint density at radius 3 is 2.87 bits per heavy atom. The Bertz CT molecular complexity index is 808. The number of rotatable bonds is 10. The average molecular weight is 413 g/mol. The lowest BCUT2D eigenvalue weighted by atomic mass is 9.98. The van der Waals surface area contributed by atoms with Crippen molar-refractivity contribution >= 4 is 5.91 Å². The molecule has 1 aliphatic heterocycles. The highest BCUT2D eigenvalue weighted by Gasteiger charge is 2.17. The maximum atomic E-state index is 12.1. The molecule has 7 nitrogen and oxygen atoms in total. The minimum Gasteiger partial charge on any atom is -0.493 e. The first kappa shape index (κ1) is 22.2. The highest BCUT2D eigenvalue weighted by molar-refractivity contribution is 5.93. The fourth-order valence-electron chi connectivity index (χ4n) is 3.65. The summed E-state index contributed by atoms with van der Waals surface area (Å²) in [6.45, 7) is 8.22. The molecule has 0 unspecified atom stereocenters. The van der Waals surface area contributed by atoms with Crippen LogP contribution >= 0.6 is 0 Å². The Morgan fingerprint density at radius 1 is 1.30 bits per heavy atom. The summed E-state index contributed by atoms with van der Waals surface area (Å²) in [6.07, 6.45) is 4.58. The standard InChI is InChI=1S/C23H32N4O3/c1-18-19(7-14-28)5-6-22(21(18)17-27-12-10-24-11-13-27)30-15-3-9-26-23(29)20-4-2-8-25-16-20/h2,4-6,8,16,24,28H,3,7,9-15,17H2,1H3,(H,26,29). The lowest BCUT2D eigenvalue weighted by Gasteiger charge is -2.29. The Balaban J connectivity index is 1.56. The minimum absolute atomic E-state index is 0.119. The van der Waals surface area contributed by atoms with Crippen molar-refractivity contribution in [2.45, 2.75) is 26.3 Å². The van der Waals surface area contributed by atoms with Gasteiger partial charge in [0.15, 0.2) is 0 Å². The largest absolute Gasteiger partial charge is 0.493 e. The molecule has 0 aliphatic carbocycles. The molecule has 1 aromatic heterocycles. The number of carbonyl (C=O) groups excluding carboxylic acids is 1. The number of carbonyl (C=O) groups is 1. The molecule has 1 amide bonds. The molecule has 1 aliphatic rings. The fraction of sp³-hybridized carbons (Fsp3) is 0.478. The molecule has 30 heavy (non-hydrogen) atoms. The van der Waals surface area contributed by atoms with Gasteiger partial charge in [-0.15, -0.1) is 0 Å². The normalized spacial score (nSPS) is 14.5. The molecule has 1 fully saturated rings. The molecule has 162 valence electrons. The summed E-state index contributed by atoms with van der Waals surface area (Å²) in [5.74, 6) is 0.776. The van der Waals surface area contributed by atoms with E-state index < -0.39 is 0 Å². The predicted molar refractivity (Wildman–Crippen MR) is 117 cm³/mol.